The van der Waals surface area contributed by atoms with Crippen LogP contribution in [0, 0.1) is 6.92 Å². The van der Waals surface area contributed by atoms with E-state index in [4.69, 9.17) is 4.74 Å². The third-order valence-corrected chi connectivity index (χ3v) is 3.22. The summed E-state index contributed by atoms with van der Waals surface area (Å²) in [7, 11) is 0. The number of ether oxygens (including phenoxy) is 1. The number of aromatic nitrogens is 1. The number of nitrogens with zero attached hydrogens (tertiary/aromatic N) is 2. The zero-order chi connectivity index (χ0) is 14.2. The van der Waals surface area contributed by atoms with Gasteiger partial charge in [0.05, 0.1) is 11.7 Å². The fraction of sp³-hybridized carbons (Fsp3) is 0.571. The van der Waals surface area contributed by atoms with Crippen molar-refractivity contribution in [2.24, 2.45) is 0 Å². The molecule has 0 spiro atoms. The highest BCUT2D eigenvalue weighted by Crippen LogP contribution is 2.28. The Bertz CT molecular complexity index is 499. The van der Waals surface area contributed by atoms with E-state index < -0.39 is 5.97 Å². The van der Waals surface area contributed by atoms with Crippen molar-refractivity contribution in [1.82, 2.24) is 4.98 Å². The first-order valence-electron chi connectivity index (χ1n) is 6.42. The van der Waals surface area contributed by atoms with Crippen LogP contribution in [0.15, 0.2) is 12.3 Å². The number of hydrogen-bond donors (Lipinski definition) is 1. The average Bonchev–Trinajstić information content (AvgIpc) is 2.25. The first-order valence-corrected chi connectivity index (χ1v) is 6.42. The minimum atomic E-state index is -0.933. The highest BCUT2D eigenvalue weighted by Gasteiger charge is 2.33. The first kappa shape index (κ1) is 13.8. The summed E-state index contributed by atoms with van der Waals surface area (Å²) < 4.78 is 5.84. The lowest BCUT2D eigenvalue weighted by Gasteiger charge is -2.42. The predicted octanol–water partition coefficient (Wildman–Crippen LogP) is 2.09. The van der Waals surface area contributed by atoms with E-state index in [1.165, 1.54) is 0 Å². The quantitative estimate of drug-likeness (QED) is 0.886. The number of carboxylic acid groups (broad SMARTS) is 1. The van der Waals surface area contributed by atoms with Crippen LogP contribution in [0.25, 0.3) is 0 Å². The number of carbonyl (C=O) groups is 1. The maximum atomic E-state index is 11.4. The topological polar surface area (TPSA) is 62.7 Å². The van der Waals surface area contributed by atoms with Crippen LogP contribution in [0.4, 0.5) is 5.82 Å². The van der Waals surface area contributed by atoms with Gasteiger partial charge in [0, 0.05) is 19.3 Å². The van der Waals surface area contributed by atoms with Gasteiger partial charge in [0.15, 0.2) is 0 Å². The lowest BCUT2D eigenvalue weighted by Crippen LogP contribution is -2.52. The maximum absolute atomic E-state index is 11.4. The Morgan fingerprint density at radius 2 is 2.26 bits per heavy atom. The van der Waals surface area contributed by atoms with Crippen LogP contribution in [-0.2, 0) is 4.74 Å². The van der Waals surface area contributed by atoms with E-state index in [0.717, 1.165) is 5.56 Å². The smallest absolute Gasteiger partial charge is 0.339 e. The second kappa shape index (κ2) is 4.81. The maximum Gasteiger partial charge on any atom is 0.339 e. The summed E-state index contributed by atoms with van der Waals surface area (Å²) in [6.07, 6.45) is 1.71. The van der Waals surface area contributed by atoms with Gasteiger partial charge >= 0.3 is 5.97 Å². The second-order valence-corrected chi connectivity index (χ2v) is 5.70. The zero-order valence-electron chi connectivity index (χ0n) is 11.8. The summed E-state index contributed by atoms with van der Waals surface area (Å²) in [4.78, 5) is 17.7. The van der Waals surface area contributed by atoms with Crippen molar-refractivity contribution < 1.29 is 14.6 Å². The van der Waals surface area contributed by atoms with Gasteiger partial charge in [-0.2, -0.15) is 0 Å². The standard InChI is InChI=1S/C14H20N2O3/c1-9-5-6-15-12(11(9)13(17)18)16-7-10(2)19-14(3,4)8-16/h5-6,10H,7-8H2,1-4H3,(H,17,18). The Morgan fingerprint density at radius 3 is 2.84 bits per heavy atom. The van der Waals surface area contributed by atoms with E-state index in [2.05, 4.69) is 4.98 Å². The molecule has 1 saturated heterocycles. The molecule has 19 heavy (non-hydrogen) atoms. The number of carboxylic acids is 1. The summed E-state index contributed by atoms with van der Waals surface area (Å²) in [5.41, 5.74) is 0.709. The SMILES string of the molecule is Cc1ccnc(N2CC(C)OC(C)(C)C2)c1C(=O)O. The number of anilines is 1. The number of hydrogen-bond acceptors (Lipinski definition) is 4. The van der Waals surface area contributed by atoms with Crippen LogP contribution in [0.2, 0.25) is 0 Å². The van der Waals surface area contributed by atoms with Gasteiger partial charge in [-0.05, 0) is 39.3 Å². The third-order valence-electron chi connectivity index (χ3n) is 3.22. The summed E-state index contributed by atoms with van der Waals surface area (Å²) in [5.74, 6) is -0.395. The van der Waals surface area contributed by atoms with Gasteiger partial charge in [-0.25, -0.2) is 9.78 Å². The molecule has 1 N–H and O–H groups in total. The molecule has 1 aromatic rings. The Morgan fingerprint density at radius 1 is 1.58 bits per heavy atom. The Hall–Kier alpha value is -1.62. The number of rotatable bonds is 2. The Labute approximate surface area is 113 Å². The minimum Gasteiger partial charge on any atom is -0.478 e. The zero-order valence-corrected chi connectivity index (χ0v) is 11.8. The van der Waals surface area contributed by atoms with Gasteiger partial charge in [-0.15, -0.1) is 0 Å². The van der Waals surface area contributed by atoms with Crippen molar-refractivity contribution in [2.45, 2.75) is 39.4 Å². The fourth-order valence-corrected chi connectivity index (χ4v) is 2.66. The fourth-order valence-electron chi connectivity index (χ4n) is 2.66. The van der Waals surface area contributed by atoms with Crippen molar-refractivity contribution in [3.05, 3.63) is 23.4 Å². The molecule has 0 saturated carbocycles. The molecule has 0 bridgehead atoms. The molecule has 104 valence electrons. The average molecular weight is 264 g/mol. The van der Waals surface area contributed by atoms with Crippen LogP contribution in [-0.4, -0.2) is 40.9 Å². The molecule has 0 aromatic carbocycles. The minimum absolute atomic E-state index is 0.0488. The largest absolute Gasteiger partial charge is 0.478 e. The number of aromatic carboxylic acids is 1. The van der Waals surface area contributed by atoms with Crippen molar-refractivity contribution >= 4 is 11.8 Å². The lowest BCUT2D eigenvalue weighted by molar-refractivity contribution is -0.0752. The molecule has 5 nitrogen and oxygen atoms in total. The van der Waals surface area contributed by atoms with Gasteiger partial charge < -0.3 is 14.7 Å². The van der Waals surface area contributed by atoms with Crippen LogP contribution in [0.1, 0.15) is 36.7 Å². The second-order valence-electron chi connectivity index (χ2n) is 5.70. The van der Waals surface area contributed by atoms with Crippen LogP contribution in [0.5, 0.6) is 0 Å². The summed E-state index contributed by atoms with van der Waals surface area (Å²) in [6.45, 7) is 9.08. The molecule has 1 fully saturated rings. The third kappa shape index (κ3) is 2.87. The molecule has 2 rings (SSSR count). The van der Waals surface area contributed by atoms with Gasteiger partial charge in [-0.1, -0.05) is 0 Å². The van der Waals surface area contributed by atoms with E-state index in [-0.39, 0.29) is 17.3 Å². The normalized spacial score (nSPS) is 22.3. The highest BCUT2D eigenvalue weighted by atomic mass is 16.5. The van der Waals surface area contributed by atoms with Crippen molar-refractivity contribution in [3.63, 3.8) is 0 Å². The summed E-state index contributed by atoms with van der Waals surface area (Å²) >= 11 is 0. The molecule has 1 aliphatic rings. The van der Waals surface area contributed by atoms with Crippen LogP contribution in [0.3, 0.4) is 0 Å². The number of aryl methyl sites for hydroxylation is 1. The molecule has 1 aliphatic heterocycles. The van der Waals surface area contributed by atoms with Crippen molar-refractivity contribution in [3.8, 4) is 0 Å². The van der Waals surface area contributed by atoms with Crippen molar-refractivity contribution in [2.75, 3.05) is 18.0 Å². The molecular weight excluding hydrogens is 244 g/mol. The molecule has 2 heterocycles. The van der Waals surface area contributed by atoms with E-state index in [1.54, 1.807) is 19.2 Å². The molecule has 1 aromatic heterocycles. The number of pyridine rings is 1. The molecule has 1 unspecified atom stereocenters. The van der Waals surface area contributed by atoms with E-state index in [0.29, 0.717) is 18.9 Å². The first-order chi connectivity index (χ1) is 8.80. The van der Waals surface area contributed by atoms with E-state index >= 15 is 0 Å². The van der Waals surface area contributed by atoms with Gasteiger partial charge in [0.25, 0.3) is 0 Å². The molecule has 0 aliphatic carbocycles. The Kier molecular flexibility index (Phi) is 3.49. The predicted molar refractivity (Wildman–Crippen MR) is 72.8 cm³/mol. The van der Waals surface area contributed by atoms with E-state index in [1.807, 2.05) is 25.7 Å². The molecule has 0 amide bonds. The summed E-state index contributed by atoms with van der Waals surface area (Å²) in [6, 6.07) is 1.72. The van der Waals surface area contributed by atoms with E-state index in [9.17, 15) is 9.90 Å². The summed E-state index contributed by atoms with van der Waals surface area (Å²) in [5, 5.41) is 9.38. The molecule has 5 heteroatoms. The lowest BCUT2D eigenvalue weighted by atomic mass is 10.0. The van der Waals surface area contributed by atoms with Gasteiger partial charge in [-0.3, -0.25) is 0 Å². The van der Waals surface area contributed by atoms with Crippen LogP contribution >= 0.6 is 0 Å². The van der Waals surface area contributed by atoms with Gasteiger partial charge in [0.2, 0.25) is 0 Å². The molecule has 1 atom stereocenters. The van der Waals surface area contributed by atoms with Gasteiger partial charge in [0.1, 0.15) is 11.4 Å². The monoisotopic (exact) mass is 264 g/mol. The Balaban J connectivity index is 2.41. The molecular formula is C14H20N2O3. The molecule has 0 radical (unpaired) electrons. The van der Waals surface area contributed by atoms with Crippen LogP contribution < -0.4 is 4.90 Å². The van der Waals surface area contributed by atoms with Crippen molar-refractivity contribution in [1.29, 1.82) is 0 Å². The highest BCUT2D eigenvalue weighted by molar-refractivity contribution is 5.95. The number of morpholine rings is 1.